The molecule has 0 radical (unpaired) electrons. The molecular formula is C20H29NO5. The van der Waals surface area contributed by atoms with Crippen molar-refractivity contribution in [1.82, 2.24) is 0 Å². The maximum absolute atomic E-state index is 12.8. The quantitative estimate of drug-likeness (QED) is 0.506. The molecule has 1 aromatic carbocycles. The van der Waals surface area contributed by atoms with Gasteiger partial charge in [0.05, 0.1) is 13.7 Å². The fraction of sp³-hybridized carbons (Fsp3) is 0.600. The zero-order valence-corrected chi connectivity index (χ0v) is 16.1. The van der Waals surface area contributed by atoms with Crippen LogP contribution in [0.15, 0.2) is 18.2 Å². The molecule has 0 aliphatic heterocycles. The van der Waals surface area contributed by atoms with Crippen LogP contribution < -0.4 is 10.1 Å². The van der Waals surface area contributed by atoms with Gasteiger partial charge in [-0.15, -0.1) is 0 Å². The number of ether oxygens (including phenoxy) is 3. The van der Waals surface area contributed by atoms with E-state index in [-0.39, 0.29) is 11.8 Å². The minimum Gasteiger partial charge on any atom is -0.493 e. The van der Waals surface area contributed by atoms with Crippen molar-refractivity contribution in [3.05, 3.63) is 23.8 Å². The Kier molecular flexibility index (Phi) is 7.03. The highest BCUT2D eigenvalue weighted by atomic mass is 16.5. The molecule has 6 heteroatoms. The Morgan fingerprint density at radius 2 is 2.00 bits per heavy atom. The van der Waals surface area contributed by atoms with E-state index in [0.29, 0.717) is 30.2 Å². The first-order valence-electron chi connectivity index (χ1n) is 9.26. The Bertz CT molecular complexity index is 641. The lowest BCUT2D eigenvalue weighted by Crippen LogP contribution is -2.44. The number of nitrogens with one attached hydrogen (secondary N) is 1. The lowest BCUT2D eigenvalue weighted by Gasteiger charge is -2.28. The molecule has 0 spiro atoms. The molecule has 0 saturated heterocycles. The third-order valence-corrected chi connectivity index (χ3v) is 4.65. The molecule has 1 amide bonds. The van der Waals surface area contributed by atoms with Gasteiger partial charge in [0.2, 0.25) is 0 Å². The molecule has 0 heterocycles. The minimum absolute atomic E-state index is 0.197. The highest BCUT2D eigenvalue weighted by Crippen LogP contribution is 2.42. The third-order valence-electron chi connectivity index (χ3n) is 4.65. The number of methoxy groups -OCH3 is 1. The number of carbonyl (C=O) groups is 2. The van der Waals surface area contributed by atoms with E-state index in [2.05, 4.69) is 12.2 Å². The molecule has 1 atom stereocenters. The first-order chi connectivity index (χ1) is 12.5. The van der Waals surface area contributed by atoms with E-state index in [1.165, 1.54) is 7.11 Å². The number of esters is 1. The van der Waals surface area contributed by atoms with Gasteiger partial charge in [0.25, 0.3) is 5.91 Å². The Morgan fingerprint density at radius 3 is 2.58 bits per heavy atom. The molecule has 6 nitrogen and oxygen atoms in total. The number of unbranched alkanes of at least 4 members (excludes halogenated alkanes) is 1. The van der Waals surface area contributed by atoms with Gasteiger partial charge in [0, 0.05) is 12.3 Å². The molecule has 0 unspecified atom stereocenters. The molecule has 26 heavy (non-hydrogen) atoms. The largest absolute Gasteiger partial charge is 0.493 e. The summed E-state index contributed by atoms with van der Waals surface area (Å²) in [5, 5.41) is 2.88. The van der Waals surface area contributed by atoms with Gasteiger partial charge in [-0.25, -0.2) is 4.79 Å². The molecule has 0 aromatic heterocycles. The van der Waals surface area contributed by atoms with Crippen molar-refractivity contribution < 1.29 is 23.8 Å². The smallest absolute Gasteiger partial charge is 0.341 e. The molecule has 144 valence electrons. The Morgan fingerprint density at radius 1 is 1.27 bits per heavy atom. The van der Waals surface area contributed by atoms with Gasteiger partial charge in [-0.05, 0) is 57.2 Å². The van der Waals surface area contributed by atoms with E-state index >= 15 is 0 Å². The van der Waals surface area contributed by atoms with E-state index in [1.54, 1.807) is 18.2 Å². The average molecular weight is 363 g/mol. The van der Waals surface area contributed by atoms with Gasteiger partial charge in [-0.3, -0.25) is 4.79 Å². The van der Waals surface area contributed by atoms with Crippen LogP contribution in [0.3, 0.4) is 0 Å². The lowest BCUT2D eigenvalue weighted by molar-refractivity contribution is -0.141. The second kappa shape index (κ2) is 9.03. The SMILES string of the molecule is CCCCOc1ccc(NC(=O)[C@@](C)(OCC)C2CC2)cc1C(=O)OC. The summed E-state index contributed by atoms with van der Waals surface area (Å²) in [6.07, 6.45) is 3.87. The van der Waals surface area contributed by atoms with Crippen molar-refractivity contribution in [3.8, 4) is 5.75 Å². The summed E-state index contributed by atoms with van der Waals surface area (Å²) in [5.41, 5.74) is -0.0352. The van der Waals surface area contributed by atoms with Gasteiger partial charge in [0.15, 0.2) is 0 Å². The normalized spacial score (nSPS) is 15.8. The summed E-state index contributed by atoms with van der Waals surface area (Å²) in [7, 11) is 1.32. The monoisotopic (exact) mass is 363 g/mol. The zero-order chi connectivity index (χ0) is 19.2. The van der Waals surface area contributed by atoms with Crippen molar-refractivity contribution in [2.45, 2.75) is 52.1 Å². The van der Waals surface area contributed by atoms with Crippen LogP contribution in [0.4, 0.5) is 5.69 Å². The standard InChI is InChI=1S/C20H29NO5/c1-5-7-12-25-17-11-10-15(13-16(17)18(22)24-4)21-19(23)20(3,26-6-2)14-8-9-14/h10-11,13-14H,5-9,12H2,1-4H3,(H,21,23)/t20-/m0/s1. The second-order valence-corrected chi connectivity index (χ2v) is 6.67. The van der Waals surface area contributed by atoms with Crippen molar-refractivity contribution >= 4 is 17.6 Å². The zero-order valence-electron chi connectivity index (χ0n) is 16.1. The fourth-order valence-electron chi connectivity index (χ4n) is 2.89. The summed E-state index contributed by atoms with van der Waals surface area (Å²) in [4.78, 5) is 24.9. The van der Waals surface area contributed by atoms with Crippen LogP contribution in [-0.2, 0) is 14.3 Å². The van der Waals surface area contributed by atoms with Crippen molar-refractivity contribution in [3.63, 3.8) is 0 Å². The predicted molar refractivity (Wildman–Crippen MR) is 99.6 cm³/mol. The molecule has 2 rings (SSSR count). The van der Waals surface area contributed by atoms with E-state index < -0.39 is 11.6 Å². The lowest BCUT2D eigenvalue weighted by atomic mass is 9.98. The summed E-state index contributed by atoms with van der Waals surface area (Å²) in [6, 6.07) is 5.00. The minimum atomic E-state index is -0.851. The van der Waals surface area contributed by atoms with Gasteiger partial charge < -0.3 is 19.5 Å². The van der Waals surface area contributed by atoms with Gasteiger partial charge in [0.1, 0.15) is 16.9 Å². The molecular weight excluding hydrogens is 334 g/mol. The number of hydrogen-bond donors (Lipinski definition) is 1. The van der Waals surface area contributed by atoms with Crippen LogP contribution >= 0.6 is 0 Å². The summed E-state index contributed by atoms with van der Waals surface area (Å²) in [5.74, 6) is -0.00285. The summed E-state index contributed by atoms with van der Waals surface area (Å²) >= 11 is 0. The van der Waals surface area contributed by atoms with E-state index in [1.807, 2.05) is 13.8 Å². The van der Waals surface area contributed by atoms with Crippen molar-refractivity contribution in [2.24, 2.45) is 5.92 Å². The highest BCUT2D eigenvalue weighted by molar-refractivity contribution is 5.99. The first-order valence-corrected chi connectivity index (χ1v) is 9.26. The average Bonchev–Trinajstić information content (AvgIpc) is 3.48. The van der Waals surface area contributed by atoms with Crippen molar-refractivity contribution in [2.75, 3.05) is 25.6 Å². The highest BCUT2D eigenvalue weighted by Gasteiger charge is 2.48. The van der Waals surface area contributed by atoms with Gasteiger partial charge in [-0.2, -0.15) is 0 Å². The van der Waals surface area contributed by atoms with Crippen LogP contribution in [0.1, 0.15) is 56.8 Å². The molecule has 0 bridgehead atoms. The number of amides is 1. The maximum Gasteiger partial charge on any atom is 0.341 e. The molecule has 1 saturated carbocycles. The van der Waals surface area contributed by atoms with E-state index in [9.17, 15) is 9.59 Å². The number of carbonyl (C=O) groups excluding carboxylic acids is 2. The summed E-state index contributed by atoms with van der Waals surface area (Å²) in [6.45, 7) is 6.77. The number of anilines is 1. The van der Waals surface area contributed by atoms with Crippen molar-refractivity contribution in [1.29, 1.82) is 0 Å². The van der Waals surface area contributed by atoms with Crippen LogP contribution in [-0.4, -0.2) is 37.8 Å². The fourth-order valence-corrected chi connectivity index (χ4v) is 2.89. The topological polar surface area (TPSA) is 73.9 Å². The van der Waals surface area contributed by atoms with Crippen LogP contribution in [0.2, 0.25) is 0 Å². The van der Waals surface area contributed by atoms with Crippen LogP contribution in [0.5, 0.6) is 5.75 Å². The van der Waals surface area contributed by atoms with Crippen LogP contribution in [0, 0.1) is 5.92 Å². The molecule has 1 aromatic rings. The number of rotatable bonds is 10. The van der Waals surface area contributed by atoms with E-state index in [4.69, 9.17) is 14.2 Å². The van der Waals surface area contributed by atoms with Gasteiger partial charge >= 0.3 is 5.97 Å². The Labute approximate surface area is 155 Å². The summed E-state index contributed by atoms with van der Waals surface area (Å²) < 4.78 is 16.3. The van der Waals surface area contributed by atoms with Gasteiger partial charge in [-0.1, -0.05) is 13.3 Å². The second-order valence-electron chi connectivity index (χ2n) is 6.67. The number of benzene rings is 1. The van der Waals surface area contributed by atoms with E-state index in [0.717, 1.165) is 25.7 Å². The number of hydrogen-bond acceptors (Lipinski definition) is 5. The van der Waals surface area contributed by atoms with Crippen LogP contribution in [0.25, 0.3) is 0 Å². The Hall–Kier alpha value is -2.08. The maximum atomic E-state index is 12.8. The predicted octanol–water partition coefficient (Wildman–Crippen LogP) is 3.80. The molecule has 1 fully saturated rings. The molecule has 1 N–H and O–H groups in total. The first kappa shape index (κ1) is 20.2. The molecule has 1 aliphatic rings. The Balaban J connectivity index is 2.18. The third kappa shape index (κ3) is 4.75. The molecule has 1 aliphatic carbocycles.